The van der Waals surface area contributed by atoms with Crippen molar-refractivity contribution in [2.45, 2.75) is 50.1 Å². The summed E-state index contributed by atoms with van der Waals surface area (Å²) in [4.78, 5) is 26.6. The number of carboxylic acids is 1. The van der Waals surface area contributed by atoms with Crippen LogP contribution in [0.3, 0.4) is 0 Å². The van der Waals surface area contributed by atoms with E-state index in [1.807, 2.05) is 44.2 Å². The van der Waals surface area contributed by atoms with Gasteiger partial charge >= 0.3 is 5.97 Å². The molecule has 8 heteroatoms. The van der Waals surface area contributed by atoms with Crippen LogP contribution in [0.25, 0.3) is 0 Å². The van der Waals surface area contributed by atoms with Crippen LogP contribution in [0.5, 0.6) is 5.75 Å². The third kappa shape index (κ3) is 5.43. The average molecular weight is 459 g/mol. The van der Waals surface area contributed by atoms with Crippen molar-refractivity contribution in [1.29, 1.82) is 0 Å². The fourth-order valence-corrected chi connectivity index (χ4v) is 5.25. The first-order chi connectivity index (χ1) is 15.1. The summed E-state index contributed by atoms with van der Waals surface area (Å²) in [6, 6.07) is 12.9. The number of β-amino-alcohol motifs (C(OH)–C–C–N with tert-alkyl or cyclic N) is 1. The van der Waals surface area contributed by atoms with Gasteiger partial charge < -0.3 is 20.6 Å². The van der Waals surface area contributed by atoms with E-state index < -0.39 is 34.8 Å². The van der Waals surface area contributed by atoms with Gasteiger partial charge in [0.15, 0.2) is 0 Å². The topological polar surface area (TPSA) is 110 Å². The Morgan fingerprint density at radius 3 is 2.53 bits per heavy atom. The summed E-state index contributed by atoms with van der Waals surface area (Å²) >= 11 is 1.53. The number of nitrogens with one attached hydrogen (secondary N) is 1. The van der Waals surface area contributed by atoms with Crippen molar-refractivity contribution >= 4 is 23.6 Å². The molecule has 172 valence electrons. The number of aromatic hydroxyl groups is 1. The number of thioether (sulfide) groups is 1. The van der Waals surface area contributed by atoms with Crippen molar-refractivity contribution in [2.24, 2.45) is 0 Å². The summed E-state index contributed by atoms with van der Waals surface area (Å²) < 4.78 is -0.484. The molecule has 7 nitrogen and oxygen atoms in total. The summed E-state index contributed by atoms with van der Waals surface area (Å²) in [5.74, 6) is -0.812. The highest BCUT2D eigenvalue weighted by Gasteiger charge is 2.46. The van der Waals surface area contributed by atoms with Crippen LogP contribution in [0.2, 0.25) is 0 Å². The van der Waals surface area contributed by atoms with Gasteiger partial charge in [-0.15, -0.1) is 11.8 Å². The van der Waals surface area contributed by atoms with Crippen molar-refractivity contribution in [1.82, 2.24) is 10.2 Å². The molecule has 0 radical (unpaired) electrons. The van der Waals surface area contributed by atoms with Crippen molar-refractivity contribution < 1.29 is 24.9 Å². The molecule has 32 heavy (non-hydrogen) atoms. The Labute approximate surface area is 192 Å². The van der Waals surface area contributed by atoms with Gasteiger partial charge in [0, 0.05) is 28.3 Å². The van der Waals surface area contributed by atoms with Crippen LogP contribution in [0.15, 0.2) is 48.5 Å². The maximum absolute atomic E-state index is 13.0. The minimum Gasteiger partial charge on any atom is -0.508 e. The summed E-state index contributed by atoms with van der Waals surface area (Å²) in [5, 5.41) is 33.7. The van der Waals surface area contributed by atoms with Gasteiger partial charge in [-0.2, -0.15) is 0 Å². The van der Waals surface area contributed by atoms with Gasteiger partial charge in [-0.05, 0) is 44.9 Å². The Balaban J connectivity index is 1.81. The molecule has 0 bridgehead atoms. The molecule has 1 aliphatic rings. The van der Waals surface area contributed by atoms with E-state index in [-0.39, 0.29) is 12.3 Å². The van der Waals surface area contributed by atoms with Crippen LogP contribution in [0.4, 0.5) is 0 Å². The predicted molar refractivity (Wildman–Crippen MR) is 125 cm³/mol. The lowest BCUT2D eigenvalue weighted by Crippen LogP contribution is -2.53. The molecule has 2 aromatic rings. The molecule has 0 unspecified atom stereocenters. The highest BCUT2D eigenvalue weighted by atomic mass is 32.2. The minimum absolute atomic E-state index is 0.0263. The lowest BCUT2D eigenvalue weighted by molar-refractivity contribution is -0.143. The third-order valence-corrected chi connectivity index (χ3v) is 7.34. The first-order valence-corrected chi connectivity index (χ1v) is 11.5. The van der Waals surface area contributed by atoms with Crippen LogP contribution in [0, 0.1) is 6.92 Å². The molecule has 1 aliphatic heterocycles. The lowest BCUT2D eigenvalue weighted by Gasteiger charge is -2.32. The molecule has 1 amide bonds. The number of carbonyl (C=O) groups excluding carboxylic acids is 1. The van der Waals surface area contributed by atoms with Crippen LogP contribution >= 0.6 is 11.8 Å². The fourth-order valence-electron chi connectivity index (χ4n) is 4.09. The van der Waals surface area contributed by atoms with Crippen LogP contribution < -0.4 is 5.32 Å². The number of phenols is 1. The van der Waals surface area contributed by atoms with Gasteiger partial charge in [-0.3, -0.25) is 14.5 Å². The van der Waals surface area contributed by atoms with Gasteiger partial charge in [-0.25, -0.2) is 0 Å². The number of aliphatic hydroxyl groups is 1. The van der Waals surface area contributed by atoms with E-state index in [9.17, 15) is 24.9 Å². The largest absolute Gasteiger partial charge is 0.508 e. The molecule has 2 aromatic carbocycles. The number of nitrogens with zero attached hydrogens (tertiary/aromatic N) is 1. The molecule has 3 atom stereocenters. The first kappa shape index (κ1) is 24.1. The van der Waals surface area contributed by atoms with Gasteiger partial charge in [0.2, 0.25) is 0 Å². The van der Waals surface area contributed by atoms with E-state index in [2.05, 4.69) is 5.32 Å². The Hall–Kier alpha value is -2.55. The van der Waals surface area contributed by atoms with Crippen LogP contribution in [-0.4, -0.2) is 67.5 Å². The molecular formula is C24H30N2O5S. The number of rotatable bonds is 8. The highest BCUT2D eigenvalue weighted by molar-refractivity contribution is 8.00. The number of hydrogen-bond acceptors (Lipinski definition) is 6. The number of amides is 1. The van der Waals surface area contributed by atoms with Gasteiger partial charge in [0.25, 0.3) is 5.91 Å². The maximum Gasteiger partial charge on any atom is 0.322 e. The Morgan fingerprint density at radius 1 is 1.19 bits per heavy atom. The second-order valence-corrected chi connectivity index (χ2v) is 10.3. The zero-order chi connectivity index (χ0) is 23.5. The molecule has 4 N–H and O–H groups in total. The second-order valence-electron chi connectivity index (χ2n) is 8.68. The zero-order valence-electron chi connectivity index (χ0n) is 18.5. The third-order valence-electron chi connectivity index (χ3n) is 5.91. The van der Waals surface area contributed by atoms with Gasteiger partial charge in [0.05, 0.1) is 12.1 Å². The number of phenolic OH excluding ortho intramolecular Hbond substituents is 1. The van der Waals surface area contributed by atoms with Crippen molar-refractivity contribution in [3.05, 3.63) is 65.2 Å². The van der Waals surface area contributed by atoms with E-state index in [0.717, 1.165) is 5.56 Å². The summed E-state index contributed by atoms with van der Waals surface area (Å²) in [6.07, 6.45) is -0.610. The molecule has 1 saturated heterocycles. The number of carboxylic acid groups (broad SMARTS) is 1. The van der Waals surface area contributed by atoms with Crippen LogP contribution in [-0.2, 0) is 11.2 Å². The number of aliphatic carboxylic acids is 1. The summed E-state index contributed by atoms with van der Waals surface area (Å²) in [5.41, 5.74) is 1.73. The molecule has 0 spiro atoms. The molecule has 0 saturated carbocycles. The zero-order valence-corrected chi connectivity index (χ0v) is 19.3. The van der Waals surface area contributed by atoms with Crippen LogP contribution in [0.1, 0.15) is 35.3 Å². The Bertz CT molecular complexity index is 966. The standard InChI is InChI=1S/C24H30N2O5S/c1-15-17(10-7-11-19(15)27)22(29)25-18(12-16-8-5-4-6-9-16)20(28)13-26-14-32-24(2,3)21(26)23(30)31/h4-11,18,20-21,27-28H,12-14H2,1-3H3,(H,25,29)(H,30,31)/t18-,20-,21+/m0/s1. The van der Waals surface area contributed by atoms with E-state index >= 15 is 0 Å². The quantitative estimate of drug-likeness (QED) is 0.481. The minimum atomic E-state index is -0.992. The summed E-state index contributed by atoms with van der Waals surface area (Å²) in [7, 11) is 0. The number of aliphatic hydroxyl groups excluding tert-OH is 1. The second kappa shape index (κ2) is 9.94. The van der Waals surface area contributed by atoms with Crippen molar-refractivity contribution in [3.8, 4) is 5.75 Å². The normalized spacial score (nSPS) is 19.9. The highest BCUT2D eigenvalue weighted by Crippen LogP contribution is 2.39. The fraction of sp³-hybridized carbons (Fsp3) is 0.417. The van der Waals surface area contributed by atoms with E-state index in [0.29, 0.717) is 23.4 Å². The SMILES string of the molecule is Cc1c(O)cccc1C(=O)N[C@@H](Cc1ccccc1)[C@@H](O)CN1CSC(C)(C)[C@H]1C(=O)O. The molecule has 3 rings (SSSR count). The molecule has 0 aromatic heterocycles. The van der Waals surface area contributed by atoms with Crippen molar-refractivity contribution in [2.75, 3.05) is 12.4 Å². The van der Waals surface area contributed by atoms with Crippen molar-refractivity contribution in [3.63, 3.8) is 0 Å². The molecule has 0 aliphatic carbocycles. The number of hydrogen-bond donors (Lipinski definition) is 4. The Kier molecular flexibility index (Phi) is 7.48. The smallest absolute Gasteiger partial charge is 0.322 e. The van der Waals surface area contributed by atoms with Gasteiger partial charge in [-0.1, -0.05) is 36.4 Å². The molecule has 1 fully saturated rings. The Morgan fingerprint density at radius 2 is 1.88 bits per heavy atom. The lowest BCUT2D eigenvalue weighted by atomic mass is 9.97. The monoisotopic (exact) mass is 458 g/mol. The predicted octanol–water partition coefficient (Wildman–Crippen LogP) is 2.64. The first-order valence-electron chi connectivity index (χ1n) is 10.5. The molecule has 1 heterocycles. The van der Waals surface area contributed by atoms with E-state index in [1.54, 1.807) is 24.0 Å². The number of carbonyl (C=O) groups is 2. The summed E-state index contributed by atoms with van der Waals surface area (Å²) in [6.45, 7) is 5.55. The number of benzene rings is 2. The maximum atomic E-state index is 13.0. The van der Waals surface area contributed by atoms with Gasteiger partial charge in [0.1, 0.15) is 11.8 Å². The van der Waals surface area contributed by atoms with E-state index in [4.69, 9.17) is 0 Å². The van der Waals surface area contributed by atoms with E-state index in [1.165, 1.54) is 17.8 Å². The molecular weight excluding hydrogens is 428 g/mol. The average Bonchev–Trinajstić information content (AvgIpc) is 3.04.